The highest BCUT2D eigenvalue weighted by Gasteiger charge is 2.75. The van der Waals surface area contributed by atoms with Crippen molar-refractivity contribution in [1.82, 2.24) is 4.98 Å². The summed E-state index contributed by atoms with van der Waals surface area (Å²) in [5.74, 6) is -0.528. The number of carbonyl (C=O) groups excluding carboxylic acids is 2. The Kier molecular flexibility index (Phi) is 2.49. The Hall–Kier alpha value is -1.91. The molecular weight excluding hydrogens is 256 g/mol. The maximum absolute atomic E-state index is 12.7. The zero-order valence-corrected chi connectivity index (χ0v) is 11.9. The smallest absolute Gasteiger partial charge is 0.313 e. The molecule has 5 nitrogen and oxygen atoms in total. The van der Waals surface area contributed by atoms with E-state index < -0.39 is 16.4 Å². The highest BCUT2D eigenvalue weighted by molar-refractivity contribution is 6.03. The summed E-state index contributed by atoms with van der Waals surface area (Å²) in [6.07, 6.45) is 4.46. The van der Waals surface area contributed by atoms with Crippen LogP contribution < -0.4 is 5.32 Å². The number of amides is 1. The fraction of sp³-hybridized carbons (Fsp3) is 0.533. The van der Waals surface area contributed by atoms with E-state index in [2.05, 4.69) is 10.3 Å². The number of anilines is 1. The van der Waals surface area contributed by atoms with Gasteiger partial charge in [-0.15, -0.1) is 0 Å². The molecule has 2 heterocycles. The molecule has 0 aromatic carbocycles. The predicted octanol–water partition coefficient (Wildman–Crippen LogP) is 2.14. The molecule has 2 fully saturated rings. The fourth-order valence-corrected chi connectivity index (χ4v) is 3.42. The van der Waals surface area contributed by atoms with Gasteiger partial charge in [-0.05, 0) is 31.9 Å². The van der Waals surface area contributed by atoms with Crippen LogP contribution in [0.3, 0.4) is 0 Å². The molecule has 1 N–H and O–H groups in total. The van der Waals surface area contributed by atoms with Crippen molar-refractivity contribution >= 4 is 17.6 Å². The lowest BCUT2D eigenvalue weighted by molar-refractivity contribution is -0.165. The number of rotatable bonds is 2. The third-order valence-electron chi connectivity index (χ3n) is 5.37. The predicted molar refractivity (Wildman–Crippen MR) is 72.8 cm³/mol. The summed E-state index contributed by atoms with van der Waals surface area (Å²) >= 11 is 0. The lowest BCUT2D eigenvalue weighted by Crippen LogP contribution is -2.50. The Labute approximate surface area is 117 Å². The molecule has 0 radical (unpaired) electrons. The molecule has 2 bridgehead atoms. The normalized spacial score (nSPS) is 33.9. The van der Waals surface area contributed by atoms with Crippen LogP contribution in [0.1, 0.15) is 33.6 Å². The molecule has 106 valence electrons. The van der Waals surface area contributed by atoms with Gasteiger partial charge in [-0.25, -0.2) is 0 Å². The Morgan fingerprint density at radius 3 is 2.60 bits per heavy atom. The van der Waals surface area contributed by atoms with E-state index in [4.69, 9.17) is 4.74 Å². The number of hydrogen-bond acceptors (Lipinski definition) is 4. The highest BCUT2D eigenvalue weighted by atomic mass is 16.6. The van der Waals surface area contributed by atoms with Gasteiger partial charge in [-0.1, -0.05) is 13.8 Å². The SMILES string of the molecule is CC12CCC(C(=O)Nc3cccnc3)(OC1=O)C2(C)C. The van der Waals surface area contributed by atoms with Gasteiger partial charge in [0.2, 0.25) is 0 Å². The Morgan fingerprint density at radius 1 is 1.35 bits per heavy atom. The average Bonchev–Trinajstić information content (AvgIpc) is 2.70. The van der Waals surface area contributed by atoms with Crippen LogP contribution in [0.2, 0.25) is 0 Å². The molecule has 1 aromatic rings. The van der Waals surface area contributed by atoms with E-state index in [0.29, 0.717) is 18.5 Å². The Bertz CT molecular complexity index is 584. The van der Waals surface area contributed by atoms with Crippen LogP contribution in [0.25, 0.3) is 0 Å². The molecule has 1 saturated carbocycles. The summed E-state index contributed by atoms with van der Waals surface area (Å²) < 4.78 is 5.53. The van der Waals surface area contributed by atoms with Gasteiger partial charge in [0, 0.05) is 11.6 Å². The van der Waals surface area contributed by atoms with E-state index in [1.165, 1.54) is 0 Å². The van der Waals surface area contributed by atoms with Gasteiger partial charge in [0.1, 0.15) is 0 Å². The van der Waals surface area contributed by atoms with Crippen molar-refractivity contribution in [2.24, 2.45) is 10.8 Å². The molecule has 1 aliphatic carbocycles. The molecule has 1 saturated heterocycles. The number of fused-ring (bicyclic) bond motifs is 2. The van der Waals surface area contributed by atoms with Crippen molar-refractivity contribution in [2.75, 3.05) is 5.32 Å². The van der Waals surface area contributed by atoms with Crippen LogP contribution in [-0.4, -0.2) is 22.5 Å². The van der Waals surface area contributed by atoms with Crippen LogP contribution in [0.5, 0.6) is 0 Å². The van der Waals surface area contributed by atoms with Crippen molar-refractivity contribution in [3.8, 4) is 0 Å². The third kappa shape index (κ3) is 1.35. The van der Waals surface area contributed by atoms with E-state index in [9.17, 15) is 9.59 Å². The number of pyridine rings is 1. The standard InChI is InChI=1S/C15H18N2O3/c1-13(2)14(3)6-7-15(13,20-12(14)19)11(18)17-10-5-4-8-16-9-10/h4-5,8-9H,6-7H2,1-3H3,(H,17,18). The van der Waals surface area contributed by atoms with Crippen LogP contribution in [0.4, 0.5) is 5.69 Å². The average molecular weight is 274 g/mol. The van der Waals surface area contributed by atoms with E-state index in [1.807, 2.05) is 20.8 Å². The Balaban J connectivity index is 1.94. The topological polar surface area (TPSA) is 68.3 Å². The van der Waals surface area contributed by atoms with Crippen molar-refractivity contribution in [2.45, 2.75) is 39.2 Å². The summed E-state index contributed by atoms with van der Waals surface area (Å²) in [4.78, 5) is 28.8. The molecular formula is C15H18N2O3. The number of esters is 1. The van der Waals surface area contributed by atoms with Gasteiger partial charge < -0.3 is 10.1 Å². The molecule has 3 rings (SSSR count). The molecule has 1 aromatic heterocycles. The van der Waals surface area contributed by atoms with Crippen LogP contribution in [-0.2, 0) is 14.3 Å². The molecule has 2 unspecified atom stereocenters. The van der Waals surface area contributed by atoms with E-state index in [0.717, 1.165) is 0 Å². The summed E-state index contributed by atoms with van der Waals surface area (Å²) in [6, 6.07) is 3.51. The molecule has 1 aliphatic heterocycles. The zero-order valence-electron chi connectivity index (χ0n) is 11.9. The van der Waals surface area contributed by atoms with Crippen molar-refractivity contribution in [3.63, 3.8) is 0 Å². The van der Waals surface area contributed by atoms with E-state index in [-0.39, 0.29) is 11.9 Å². The maximum Gasteiger partial charge on any atom is 0.313 e. The first-order valence-electron chi connectivity index (χ1n) is 6.78. The number of nitrogens with zero attached hydrogens (tertiary/aromatic N) is 1. The van der Waals surface area contributed by atoms with Crippen LogP contribution in [0.15, 0.2) is 24.5 Å². The van der Waals surface area contributed by atoms with Gasteiger partial charge in [0.05, 0.1) is 17.3 Å². The minimum absolute atomic E-state index is 0.259. The molecule has 20 heavy (non-hydrogen) atoms. The molecule has 1 amide bonds. The van der Waals surface area contributed by atoms with E-state index >= 15 is 0 Å². The minimum atomic E-state index is -1.07. The second-order valence-corrected chi connectivity index (χ2v) is 6.37. The zero-order chi connectivity index (χ0) is 14.6. The lowest BCUT2D eigenvalue weighted by Gasteiger charge is -2.35. The number of ether oxygens (including phenoxy) is 1. The fourth-order valence-electron chi connectivity index (χ4n) is 3.42. The number of nitrogens with one attached hydrogen (secondary N) is 1. The van der Waals surface area contributed by atoms with Gasteiger partial charge in [-0.2, -0.15) is 0 Å². The second kappa shape index (κ2) is 3.81. The van der Waals surface area contributed by atoms with Crippen LogP contribution in [0, 0.1) is 10.8 Å². The first kappa shape index (κ1) is 13.1. The quantitative estimate of drug-likeness (QED) is 0.839. The summed E-state index contributed by atoms with van der Waals surface area (Å²) in [5.41, 5.74) is -1.57. The first-order chi connectivity index (χ1) is 9.33. The van der Waals surface area contributed by atoms with Gasteiger partial charge in [0.25, 0.3) is 5.91 Å². The lowest BCUT2D eigenvalue weighted by atomic mass is 9.66. The van der Waals surface area contributed by atoms with Gasteiger partial charge in [-0.3, -0.25) is 14.6 Å². The van der Waals surface area contributed by atoms with Crippen molar-refractivity contribution in [1.29, 1.82) is 0 Å². The van der Waals surface area contributed by atoms with Crippen molar-refractivity contribution in [3.05, 3.63) is 24.5 Å². The first-order valence-corrected chi connectivity index (χ1v) is 6.78. The van der Waals surface area contributed by atoms with Crippen LogP contribution >= 0.6 is 0 Å². The third-order valence-corrected chi connectivity index (χ3v) is 5.37. The number of carbonyl (C=O) groups is 2. The van der Waals surface area contributed by atoms with Crippen molar-refractivity contribution < 1.29 is 14.3 Å². The highest BCUT2D eigenvalue weighted by Crippen LogP contribution is 2.65. The molecule has 2 atom stereocenters. The minimum Gasteiger partial charge on any atom is -0.448 e. The maximum atomic E-state index is 12.7. The Morgan fingerprint density at radius 2 is 2.10 bits per heavy atom. The number of hydrogen-bond donors (Lipinski definition) is 1. The van der Waals surface area contributed by atoms with E-state index in [1.54, 1.807) is 24.5 Å². The monoisotopic (exact) mass is 274 g/mol. The summed E-state index contributed by atoms with van der Waals surface area (Å²) in [5, 5.41) is 2.82. The van der Waals surface area contributed by atoms with Gasteiger partial charge in [0.15, 0.2) is 5.60 Å². The summed E-state index contributed by atoms with van der Waals surface area (Å²) in [6.45, 7) is 5.77. The van der Waals surface area contributed by atoms with Gasteiger partial charge >= 0.3 is 5.97 Å². The molecule has 0 spiro atoms. The number of aromatic nitrogens is 1. The second-order valence-electron chi connectivity index (χ2n) is 6.37. The molecule has 2 aliphatic rings. The largest absolute Gasteiger partial charge is 0.448 e. The molecule has 5 heteroatoms. The summed E-state index contributed by atoms with van der Waals surface area (Å²) in [7, 11) is 0.